The zero-order valence-electron chi connectivity index (χ0n) is 17.0. The molecule has 0 atom stereocenters. The van der Waals surface area contributed by atoms with Gasteiger partial charge in [0, 0.05) is 6.42 Å². The Hall–Kier alpha value is -1.60. The molecule has 26 heavy (non-hydrogen) atoms. The molecule has 7 heteroatoms. The van der Waals surface area contributed by atoms with Crippen molar-refractivity contribution in [3.63, 3.8) is 0 Å². The van der Waals surface area contributed by atoms with Crippen LogP contribution in [0.1, 0.15) is 48.0 Å². The van der Waals surface area contributed by atoms with Crippen LogP contribution in [0.3, 0.4) is 0 Å². The maximum absolute atomic E-state index is 12.4. The number of rotatable bonds is 4. The van der Waals surface area contributed by atoms with E-state index in [1.165, 1.54) is 14.2 Å². The maximum Gasteiger partial charge on any atom is 0.487 e. The highest BCUT2D eigenvalue weighted by atomic mass is 16.7. The van der Waals surface area contributed by atoms with Crippen LogP contribution in [0.4, 0.5) is 0 Å². The molecule has 0 N–H and O–H groups in total. The van der Waals surface area contributed by atoms with E-state index >= 15 is 0 Å². The Morgan fingerprint density at radius 3 is 1.92 bits per heavy atom. The molecule has 144 valence electrons. The van der Waals surface area contributed by atoms with Crippen molar-refractivity contribution < 1.29 is 28.4 Å². The highest BCUT2D eigenvalue weighted by Gasteiger charge is 2.54. The second-order valence-corrected chi connectivity index (χ2v) is 8.20. The van der Waals surface area contributed by atoms with Gasteiger partial charge >= 0.3 is 19.1 Å². The molecule has 1 heterocycles. The minimum absolute atomic E-state index is 0.111. The van der Waals surface area contributed by atoms with Gasteiger partial charge in [-0.2, -0.15) is 0 Å². The van der Waals surface area contributed by atoms with Crippen molar-refractivity contribution in [3.05, 3.63) is 23.2 Å². The Morgan fingerprint density at radius 2 is 1.54 bits per heavy atom. The van der Waals surface area contributed by atoms with Gasteiger partial charge in [0.1, 0.15) is 0 Å². The quantitative estimate of drug-likeness (QED) is 0.434. The SMILES string of the molecule is COC(=O)C1(C(=O)OC)C=C(C(C)C)/C(=C/B2OC(C)(C)C(C)(C)O2)C1. The summed E-state index contributed by atoms with van der Waals surface area (Å²) in [6, 6.07) is 0. The van der Waals surface area contributed by atoms with E-state index in [0.29, 0.717) is 0 Å². The third-order valence-corrected chi connectivity index (χ3v) is 5.57. The number of ether oxygens (including phenoxy) is 2. The number of hydrogen-bond donors (Lipinski definition) is 0. The van der Waals surface area contributed by atoms with Crippen LogP contribution in [0.2, 0.25) is 0 Å². The van der Waals surface area contributed by atoms with Gasteiger partial charge < -0.3 is 18.8 Å². The van der Waals surface area contributed by atoms with E-state index < -0.39 is 35.7 Å². The second-order valence-electron chi connectivity index (χ2n) is 8.20. The summed E-state index contributed by atoms with van der Waals surface area (Å²) < 4.78 is 21.9. The number of esters is 2. The Labute approximate surface area is 156 Å². The van der Waals surface area contributed by atoms with Crippen LogP contribution in [-0.4, -0.2) is 44.5 Å². The lowest BCUT2D eigenvalue weighted by atomic mass is 9.81. The molecule has 0 radical (unpaired) electrons. The van der Waals surface area contributed by atoms with Crippen LogP contribution >= 0.6 is 0 Å². The molecule has 0 aromatic carbocycles. The van der Waals surface area contributed by atoms with E-state index in [-0.39, 0.29) is 12.3 Å². The average Bonchev–Trinajstić information content (AvgIpc) is 3.01. The Bertz CT molecular complexity index is 627. The number of hydrogen-bond acceptors (Lipinski definition) is 6. The normalized spacial score (nSPS) is 24.7. The van der Waals surface area contributed by atoms with Crippen LogP contribution < -0.4 is 0 Å². The van der Waals surface area contributed by atoms with Crippen molar-refractivity contribution in [2.45, 2.75) is 59.2 Å². The lowest BCUT2D eigenvalue weighted by Crippen LogP contribution is -2.41. The highest BCUT2D eigenvalue weighted by Crippen LogP contribution is 2.46. The largest absolute Gasteiger partial charge is 0.487 e. The van der Waals surface area contributed by atoms with Gasteiger partial charge in [-0.05, 0) is 39.2 Å². The van der Waals surface area contributed by atoms with Gasteiger partial charge in [0.05, 0.1) is 25.4 Å². The lowest BCUT2D eigenvalue weighted by molar-refractivity contribution is -0.164. The summed E-state index contributed by atoms with van der Waals surface area (Å²) >= 11 is 0. The van der Waals surface area contributed by atoms with Gasteiger partial charge in [-0.3, -0.25) is 9.59 Å². The van der Waals surface area contributed by atoms with Crippen LogP contribution in [-0.2, 0) is 28.4 Å². The van der Waals surface area contributed by atoms with E-state index in [2.05, 4.69) is 0 Å². The predicted molar refractivity (Wildman–Crippen MR) is 98.2 cm³/mol. The van der Waals surface area contributed by atoms with Crippen LogP contribution in [0.5, 0.6) is 0 Å². The van der Waals surface area contributed by atoms with Crippen molar-refractivity contribution in [3.8, 4) is 0 Å². The monoisotopic (exact) mass is 364 g/mol. The van der Waals surface area contributed by atoms with E-state index in [1.807, 2.05) is 47.5 Å². The molecule has 1 fully saturated rings. The van der Waals surface area contributed by atoms with Crippen molar-refractivity contribution in [1.29, 1.82) is 0 Å². The molecule has 0 aromatic rings. The predicted octanol–water partition coefficient (Wildman–Crippen LogP) is 2.86. The maximum atomic E-state index is 12.4. The van der Waals surface area contributed by atoms with E-state index in [1.54, 1.807) is 6.08 Å². The third-order valence-electron chi connectivity index (χ3n) is 5.57. The zero-order valence-corrected chi connectivity index (χ0v) is 17.0. The first-order valence-electron chi connectivity index (χ1n) is 8.86. The molecule has 1 saturated heterocycles. The molecule has 2 aliphatic rings. The molecule has 6 nitrogen and oxygen atoms in total. The van der Waals surface area contributed by atoms with Crippen LogP contribution in [0.25, 0.3) is 0 Å². The molecular weight excluding hydrogens is 335 g/mol. The van der Waals surface area contributed by atoms with E-state index in [0.717, 1.165) is 11.1 Å². The minimum Gasteiger partial charge on any atom is -0.468 e. The molecule has 0 saturated carbocycles. The lowest BCUT2D eigenvalue weighted by Gasteiger charge is -2.32. The van der Waals surface area contributed by atoms with Gasteiger partial charge in [-0.25, -0.2) is 0 Å². The van der Waals surface area contributed by atoms with Gasteiger partial charge in [0.25, 0.3) is 0 Å². The van der Waals surface area contributed by atoms with Crippen molar-refractivity contribution in [2.75, 3.05) is 14.2 Å². The fraction of sp³-hybridized carbons (Fsp3) is 0.684. The molecule has 1 aliphatic heterocycles. The Balaban J connectivity index is 2.43. The fourth-order valence-electron chi connectivity index (χ4n) is 3.33. The molecule has 0 aromatic heterocycles. The standard InChI is InChI=1S/C19H29BO6/c1-12(2)14-10-19(15(21)23-7,16(22)24-8)9-13(14)11-20-25-17(3,4)18(5,6)26-20/h10-12H,9H2,1-8H3/b13-11+. The van der Waals surface area contributed by atoms with E-state index in [9.17, 15) is 9.59 Å². The molecular formula is C19H29BO6. The first-order valence-corrected chi connectivity index (χ1v) is 8.86. The Kier molecular flexibility index (Phi) is 5.46. The number of methoxy groups -OCH3 is 2. The van der Waals surface area contributed by atoms with Gasteiger partial charge in [-0.1, -0.05) is 31.5 Å². The van der Waals surface area contributed by atoms with Gasteiger partial charge in [0.2, 0.25) is 0 Å². The summed E-state index contributed by atoms with van der Waals surface area (Å²) in [6.45, 7) is 11.9. The van der Waals surface area contributed by atoms with E-state index in [4.69, 9.17) is 18.8 Å². The molecule has 0 unspecified atom stereocenters. The minimum atomic E-state index is -1.46. The molecule has 0 amide bonds. The first kappa shape index (κ1) is 20.7. The van der Waals surface area contributed by atoms with Crippen LogP contribution in [0.15, 0.2) is 23.2 Å². The first-order chi connectivity index (χ1) is 11.9. The highest BCUT2D eigenvalue weighted by molar-refractivity contribution is 6.52. The molecule has 0 spiro atoms. The van der Waals surface area contributed by atoms with Crippen molar-refractivity contribution >= 4 is 19.1 Å². The summed E-state index contributed by atoms with van der Waals surface area (Å²) in [4.78, 5) is 24.9. The fourth-order valence-corrected chi connectivity index (χ4v) is 3.33. The summed E-state index contributed by atoms with van der Waals surface area (Å²) in [5.41, 5.74) is -0.642. The number of carbonyl (C=O) groups excluding carboxylic acids is 2. The number of carbonyl (C=O) groups is 2. The smallest absolute Gasteiger partial charge is 0.468 e. The Morgan fingerprint density at radius 1 is 1.08 bits per heavy atom. The summed E-state index contributed by atoms with van der Waals surface area (Å²) in [6.07, 6.45) is 1.84. The van der Waals surface area contributed by atoms with Gasteiger partial charge in [-0.15, -0.1) is 0 Å². The van der Waals surface area contributed by atoms with Crippen LogP contribution in [0, 0.1) is 11.3 Å². The van der Waals surface area contributed by atoms with Gasteiger partial charge in [0.15, 0.2) is 5.41 Å². The van der Waals surface area contributed by atoms with Crippen molar-refractivity contribution in [1.82, 2.24) is 0 Å². The molecule has 0 bridgehead atoms. The molecule has 2 rings (SSSR count). The number of allylic oxidation sites excluding steroid dienone is 2. The summed E-state index contributed by atoms with van der Waals surface area (Å²) in [5, 5.41) is 0. The molecule has 1 aliphatic carbocycles. The topological polar surface area (TPSA) is 71.1 Å². The second kappa shape index (κ2) is 6.85. The average molecular weight is 364 g/mol. The zero-order chi connectivity index (χ0) is 19.9. The third kappa shape index (κ3) is 3.34. The summed E-state index contributed by atoms with van der Waals surface area (Å²) in [7, 11) is 1.99. The van der Waals surface area contributed by atoms with Crippen molar-refractivity contribution in [2.24, 2.45) is 11.3 Å². The summed E-state index contributed by atoms with van der Waals surface area (Å²) in [5.74, 6) is 0.718.